The van der Waals surface area contributed by atoms with Crippen LogP contribution in [-0.2, 0) is 14.6 Å². The number of pyridine rings is 1. The molecule has 23 heavy (non-hydrogen) atoms. The first kappa shape index (κ1) is 14.2. The Bertz CT molecular complexity index is 951. The minimum atomic E-state index is -3.42. The van der Waals surface area contributed by atoms with E-state index in [4.69, 9.17) is 5.26 Å². The summed E-state index contributed by atoms with van der Waals surface area (Å²) in [6.45, 7) is 0. The number of hydrogen-bond acceptors (Lipinski definition) is 6. The first-order valence-corrected chi connectivity index (χ1v) is 9.02. The summed E-state index contributed by atoms with van der Waals surface area (Å²) < 4.78 is 25.0. The van der Waals surface area contributed by atoms with Gasteiger partial charge in [-0.25, -0.2) is 13.4 Å². The van der Waals surface area contributed by atoms with Gasteiger partial charge in [-0.2, -0.15) is 5.26 Å². The lowest BCUT2D eigenvalue weighted by Gasteiger charge is -2.26. The van der Waals surface area contributed by atoms with Crippen molar-refractivity contribution in [3.63, 3.8) is 0 Å². The van der Waals surface area contributed by atoms with Crippen LogP contribution in [0.25, 0.3) is 0 Å². The SMILES string of the molecule is N#Cc1cccc(C2C3=C(CCC3=O)NC3=C2S(=O)(=O)CC3)n1. The molecule has 2 aliphatic heterocycles. The van der Waals surface area contributed by atoms with Crippen LogP contribution < -0.4 is 5.32 Å². The van der Waals surface area contributed by atoms with Crippen LogP contribution in [0.15, 0.2) is 40.1 Å². The summed E-state index contributed by atoms with van der Waals surface area (Å²) in [5.41, 5.74) is 2.64. The second-order valence-corrected chi connectivity index (χ2v) is 7.92. The molecule has 0 fully saturated rings. The van der Waals surface area contributed by atoms with Gasteiger partial charge in [0.05, 0.1) is 22.3 Å². The smallest absolute Gasteiger partial charge is 0.177 e. The van der Waals surface area contributed by atoms with Crippen molar-refractivity contribution in [2.24, 2.45) is 0 Å². The van der Waals surface area contributed by atoms with Gasteiger partial charge in [0.2, 0.25) is 0 Å². The molecule has 1 atom stereocenters. The van der Waals surface area contributed by atoms with Gasteiger partial charge in [0, 0.05) is 29.8 Å². The highest BCUT2D eigenvalue weighted by molar-refractivity contribution is 7.95. The number of aromatic nitrogens is 1. The summed E-state index contributed by atoms with van der Waals surface area (Å²) in [6.07, 6.45) is 1.41. The fraction of sp³-hybridized carbons (Fsp3) is 0.312. The first-order valence-electron chi connectivity index (χ1n) is 7.37. The van der Waals surface area contributed by atoms with Crippen molar-refractivity contribution in [2.75, 3.05) is 5.75 Å². The van der Waals surface area contributed by atoms with Crippen LogP contribution in [0.2, 0.25) is 0 Å². The van der Waals surface area contributed by atoms with Gasteiger partial charge < -0.3 is 5.32 Å². The lowest BCUT2D eigenvalue weighted by Crippen LogP contribution is -2.26. The van der Waals surface area contributed by atoms with E-state index in [9.17, 15) is 13.2 Å². The van der Waals surface area contributed by atoms with Crippen LogP contribution in [0.1, 0.15) is 36.6 Å². The molecule has 1 unspecified atom stereocenters. The highest BCUT2D eigenvalue weighted by Crippen LogP contribution is 2.47. The molecule has 116 valence electrons. The summed E-state index contributed by atoms with van der Waals surface area (Å²) in [5, 5.41) is 12.2. The Labute approximate surface area is 133 Å². The quantitative estimate of drug-likeness (QED) is 0.834. The second kappa shape index (κ2) is 4.77. The number of carbonyl (C=O) groups excluding carboxylic acids is 1. The Morgan fingerprint density at radius 3 is 2.83 bits per heavy atom. The molecule has 1 aromatic rings. The van der Waals surface area contributed by atoms with Crippen molar-refractivity contribution < 1.29 is 13.2 Å². The molecule has 6 nitrogen and oxygen atoms in total. The summed E-state index contributed by atoms with van der Waals surface area (Å²) in [7, 11) is -3.42. The number of nitrogens with zero attached hydrogens (tertiary/aromatic N) is 2. The van der Waals surface area contributed by atoms with E-state index in [0.29, 0.717) is 36.2 Å². The molecule has 0 saturated heterocycles. The van der Waals surface area contributed by atoms with E-state index in [-0.39, 0.29) is 22.1 Å². The minimum absolute atomic E-state index is 0.0460. The minimum Gasteiger partial charge on any atom is -0.361 e. The van der Waals surface area contributed by atoms with E-state index in [1.54, 1.807) is 18.2 Å². The number of nitrogens with one attached hydrogen (secondary N) is 1. The Morgan fingerprint density at radius 1 is 1.22 bits per heavy atom. The molecule has 0 saturated carbocycles. The standard InChI is InChI=1S/C16H13N3O3S/c17-8-9-2-1-3-10(18-9)15-14-11(4-5-13(14)20)19-12-6-7-23(21,22)16(12)15/h1-3,15,19H,4-7H2. The second-order valence-electron chi connectivity index (χ2n) is 5.84. The van der Waals surface area contributed by atoms with Crippen molar-refractivity contribution in [3.05, 3.63) is 51.5 Å². The van der Waals surface area contributed by atoms with Gasteiger partial charge >= 0.3 is 0 Å². The van der Waals surface area contributed by atoms with Crippen molar-refractivity contribution in [1.29, 1.82) is 5.26 Å². The zero-order chi connectivity index (χ0) is 16.2. The third kappa shape index (κ3) is 2.02. The number of nitriles is 1. The van der Waals surface area contributed by atoms with E-state index < -0.39 is 15.8 Å². The van der Waals surface area contributed by atoms with Gasteiger partial charge in [-0.1, -0.05) is 6.07 Å². The zero-order valence-electron chi connectivity index (χ0n) is 12.2. The third-order valence-electron chi connectivity index (χ3n) is 4.51. The summed E-state index contributed by atoms with van der Waals surface area (Å²) in [4.78, 5) is 16.9. The van der Waals surface area contributed by atoms with Gasteiger partial charge in [-0.15, -0.1) is 0 Å². The molecule has 4 rings (SSSR count). The Morgan fingerprint density at radius 2 is 2.04 bits per heavy atom. The zero-order valence-corrected chi connectivity index (χ0v) is 13.0. The van der Waals surface area contributed by atoms with E-state index in [2.05, 4.69) is 10.3 Å². The number of ketones is 1. The maximum absolute atomic E-state index is 12.5. The molecule has 1 aliphatic carbocycles. The number of allylic oxidation sites excluding steroid dienone is 4. The molecule has 1 N–H and O–H groups in total. The average Bonchev–Trinajstić information content (AvgIpc) is 3.06. The number of carbonyl (C=O) groups is 1. The molecular formula is C16H13N3O3S. The van der Waals surface area contributed by atoms with Gasteiger partial charge in [0.25, 0.3) is 0 Å². The predicted molar refractivity (Wildman–Crippen MR) is 81.5 cm³/mol. The lowest BCUT2D eigenvalue weighted by molar-refractivity contribution is -0.115. The Balaban J connectivity index is 1.96. The van der Waals surface area contributed by atoms with E-state index in [1.165, 1.54) is 0 Å². The molecule has 0 amide bonds. The summed E-state index contributed by atoms with van der Waals surface area (Å²) in [6, 6.07) is 6.89. The lowest BCUT2D eigenvalue weighted by atomic mass is 9.89. The molecule has 0 bridgehead atoms. The third-order valence-corrected chi connectivity index (χ3v) is 6.41. The molecule has 0 spiro atoms. The van der Waals surface area contributed by atoms with Crippen molar-refractivity contribution in [1.82, 2.24) is 10.3 Å². The van der Waals surface area contributed by atoms with Crippen LogP contribution in [-0.4, -0.2) is 24.9 Å². The topological polar surface area (TPSA) is 99.9 Å². The molecule has 3 aliphatic rings. The van der Waals surface area contributed by atoms with Crippen LogP contribution >= 0.6 is 0 Å². The van der Waals surface area contributed by atoms with Crippen LogP contribution in [0.3, 0.4) is 0 Å². The number of dihydropyridines is 1. The van der Waals surface area contributed by atoms with Crippen molar-refractivity contribution >= 4 is 15.6 Å². The van der Waals surface area contributed by atoms with E-state index >= 15 is 0 Å². The molecule has 7 heteroatoms. The average molecular weight is 327 g/mol. The number of Topliss-reactive ketones (excluding diaryl/α,β-unsaturated/α-hetero) is 1. The molecule has 3 heterocycles. The molecule has 0 aromatic carbocycles. The van der Waals surface area contributed by atoms with Crippen molar-refractivity contribution in [2.45, 2.75) is 25.2 Å². The van der Waals surface area contributed by atoms with Crippen LogP contribution in [0.4, 0.5) is 0 Å². The van der Waals surface area contributed by atoms with Gasteiger partial charge in [-0.3, -0.25) is 4.79 Å². The maximum atomic E-state index is 12.5. The number of rotatable bonds is 1. The number of hydrogen-bond donors (Lipinski definition) is 1. The molecule has 0 radical (unpaired) electrons. The fourth-order valence-corrected chi connectivity index (χ4v) is 5.37. The maximum Gasteiger partial charge on any atom is 0.177 e. The Kier molecular flexibility index (Phi) is 2.93. The predicted octanol–water partition coefficient (Wildman–Crippen LogP) is 1.29. The summed E-state index contributed by atoms with van der Waals surface area (Å²) >= 11 is 0. The molecule has 1 aromatic heterocycles. The van der Waals surface area contributed by atoms with Crippen molar-refractivity contribution in [3.8, 4) is 6.07 Å². The highest BCUT2D eigenvalue weighted by Gasteiger charge is 2.46. The monoisotopic (exact) mass is 327 g/mol. The highest BCUT2D eigenvalue weighted by atomic mass is 32.2. The largest absolute Gasteiger partial charge is 0.361 e. The first-order chi connectivity index (χ1) is 11.0. The normalized spacial score (nSPS) is 25.0. The van der Waals surface area contributed by atoms with Gasteiger partial charge in [0.1, 0.15) is 11.8 Å². The van der Waals surface area contributed by atoms with Gasteiger partial charge in [0.15, 0.2) is 15.6 Å². The van der Waals surface area contributed by atoms with Crippen LogP contribution in [0.5, 0.6) is 0 Å². The Hall–Kier alpha value is -2.46. The van der Waals surface area contributed by atoms with Crippen LogP contribution in [0, 0.1) is 11.3 Å². The number of sulfone groups is 1. The summed E-state index contributed by atoms with van der Waals surface area (Å²) in [5.74, 6) is -0.680. The van der Waals surface area contributed by atoms with E-state index in [0.717, 1.165) is 5.70 Å². The fourth-order valence-electron chi connectivity index (χ4n) is 3.55. The van der Waals surface area contributed by atoms with Gasteiger partial charge in [-0.05, 0) is 18.6 Å². The van der Waals surface area contributed by atoms with E-state index in [1.807, 2.05) is 6.07 Å². The molecular weight excluding hydrogens is 314 g/mol.